The second kappa shape index (κ2) is 11.5. The number of benzene rings is 2. The Morgan fingerprint density at radius 1 is 1.06 bits per heavy atom. The summed E-state index contributed by atoms with van der Waals surface area (Å²) in [5.74, 6) is 0.0905. The molecule has 1 heterocycles. The van der Waals surface area contributed by atoms with E-state index in [4.69, 9.17) is 0 Å². The van der Waals surface area contributed by atoms with Crippen molar-refractivity contribution in [1.82, 2.24) is 9.88 Å². The molecule has 3 rings (SSSR count). The highest BCUT2D eigenvalue weighted by Crippen LogP contribution is 2.22. The molecule has 0 saturated heterocycles. The molecule has 0 aliphatic rings. The monoisotopic (exact) mass is 464 g/mol. The van der Waals surface area contributed by atoms with Crippen LogP contribution in [0.4, 0.5) is 0 Å². The van der Waals surface area contributed by atoms with Crippen molar-refractivity contribution < 1.29 is 19.1 Å². The maximum Gasteiger partial charge on any atom is 0.333 e. The van der Waals surface area contributed by atoms with Gasteiger partial charge < -0.3 is 9.72 Å². The number of amides is 2. The van der Waals surface area contributed by atoms with Gasteiger partial charge in [-0.1, -0.05) is 49.9 Å². The Balaban J connectivity index is 1.88. The van der Waals surface area contributed by atoms with E-state index < -0.39 is 11.9 Å². The van der Waals surface area contributed by atoms with Crippen molar-refractivity contribution in [2.24, 2.45) is 0 Å². The van der Waals surface area contributed by atoms with Gasteiger partial charge >= 0.3 is 5.97 Å². The number of hydrogen-bond donors (Lipinski definition) is 1. The van der Waals surface area contributed by atoms with Crippen LogP contribution in [-0.4, -0.2) is 47.1 Å². The van der Waals surface area contributed by atoms with E-state index in [2.05, 4.69) is 23.2 Å². The normalized spacial score (nSPS) is 10.7. The largest absolute Gasteiger partial charge is 0.466 e. The van der Waals surface area contributed by atoms with E-state index in [-0.39, 0.29) is 24.4 Å². The van der Waals surface area contributed by atoms with E-state index >= 15 is 0 Å². The topological polar surface area (TPSA) is 79.5 Å². The summed E-state index contributed by atoms with van der Waals surface area (Å²) in [6.07, 6.45) is 2.10. The molecule has 0 radical (unpaired) electrons. The van der Waals surface area contributed by atoms with Crippen LogP contribution < -0.4 is 0 Å². The number of methoxy groups -OCH3 is 1. The number of carbonyl (C=O) groups excluding carboxylic acids is 3. The van der Waals surface area contributed by atoms with Crippen LogP contribution in [0.3, 0.4) is 0 Å². The van der Waals surface area contributed by atoms with Gasteiger partial charge in [0.1, 0.15) is 0 Å². The number of ether oxygens (including phenoxy) is 1. The average molecular weight is 465 g/mol. The highest BCUT2D eigenvalue weighted by Gasteiger charge is 2.26. The van der Waals surface area contributed by atoms with E-state index in [9.17, 15) is 14.4 Å². The number of aromatic amines is 1. The molecule has 33 heavy (non-hydrogen) atoms. The number of nitrogens with zero attached hydrogens (tertiary/aromatic N) is 1. The summed E-state index contributed by atoms with van der Waals surface area (Å²) < 4.78 is 4.67. The predicted molar refractivity (Wildman–Crippen MR) is 132 cm³/mol. The van der Waals surface area contributed by atoms with Crippen LogP contribution in [0.15, 0.2) is 66.9 Å². The van der Waals surface area contributed by atoms with E-state index in [1.54, 1.807) is 23.9 Å². The van der Waals surface area contributed by atoms with Gasteiger partial charge in [-0.25, -0.2) is 4.79 Å². The van der Waals surface area contributed by atoms with Crippen LogP contribution in [0.2, 0.25) is 0 Å². The Kier molecular flexibility index (Phi) is 8.49. The minimum absolute atomic E-state index is 0.0159. The van der Waals surface area contributed by atoms with Crippen molar-refractivity contribution in [2.45, 2.75) is 25.5 Å². The Bertz CT molecular complexity index is 1170. The van der Waals surface area contributed by atoms with Crippen molar-refractivity contribution in [1.29, 1.82) is 0 Å². The van der Waals surface area contributed by atoms with Crippen LogP contribution in [0.25, 0.3) is 10.9 Å². The van der Waals surface area contributed by atoms with Gasteiger partial charge in [0, 0.05) is 40.5 Å². The van der Waals surface area contributed by atoms with Gasteiger partial charge in [0.15, 0.2) is 0 Å². The fraction of sp³-hybridized carbons (Fsp3) is 0.269. The number of thioether (sulfide) groups is 1. The summed E-state index contributed by atoms with van der Waals surface area (Å²) in [5.41, 5.74) is 3.40. The minimum atomic E-state index is -0.660. The number of rotatable bonds is 10. The van der Waals surface area contributed by atoms with Gasteiger partial charge in [-0.2, -0.15) is 11.8 Å². The molecule has 172 valence electrons. The lowest BCUT2D eigenvalue weighted by Gasteiger charge is -2.22. The number of esters is 1. The van der Waals surface area contributed by atoms with Crippen LogP contribution >= 0.6 is 11.8 Å². The molecule has 0 atom stereocenters. The summed E-state index contributed by atoms with van der Waals surface area (Å²) in [6.45, 7) is 5.89. The molecule has 0 bridgehead atoms. The maximum atomic E-state index is 13.6. The molecular formula is C26H28N2O4S. The average Bonchev–Trinajstić information content (AvgIpc) is 3.25. The first-order chi connectivity index (χ1) is 16.0. The Morgan fingerprint density at radius 3 is 2.55 bits per heavy atom. The lowest BCUT2D eigenvalue weighted by molar-refractivity contribution is -0.138. The summed E-state index contributed by atoms with van der Waals surface area (Å²) in [5, 5.41) is 1.05. The van der Waals surface area contributed by atoms with Crippen molar-refractivity contribution in [3.63, 3.8) is 0 Å². The van der Waals surface area contributed by atoms with Gasteiger partial charge in [-0.15, -0.1) is 0 Å². The number of fused-ring (bicyclic) bond motifs is 1. The highest BCUT2D eigenvalue weighted by molar-refractivity contribution is 7.98. The molecule has 3 aromatic rings. The van der Waals surface area contributed by atoms with E-state index in [1.807, 2.05) is 42.6 Å². The fourth-order valence-corrected chi connectivity index (χ4v) is 4.29. The van der Waals surface area contributed by atoms with Gasteiger partial charge in [-0.3, -0.25) is 14.5 Å². The molecule has 0 fully saturated rings. The van der Waals surface area contributed by atoms with Gasteiger partial charge in [0.2, 0.25) is 5.91 Å². The Hall–Kier alpha value is -3.32. The van der Waals surface area contributed by atoms with Crippen LogP contribution in [-0.2, 0) is 26.5 Å². The molecule has 2 amide bonds. The van der Waals surface area contributed by atoms with Crippen molar-refractivity contribution in [2.75, 3.05) is 19.4 Å². The van der Waals surface area contributed by atoms with Crippen LogP contribution in [0.5, 0.6) is 0 Å². The number of H-pyrrole nitrogens is 1. The molecular weight excluding hydrogens is 436 g/mol. The van der Waals surface area contributed by atoms with Crippen molar-refractivity contribution >= 4 is 40.4 Å². The van der Waals surface area contributed by atoms with Gasteiger partial charge in [0.25, 0.3) is 5.91 Å². The van der Waals surface area contributed by atoms with E-state index in [1.165, 1.54) is 12.0 Å². The van der Waals surface area contributed by atoms with Crippen LogP contribution in [0, 0.1) is 0 Å². The number of carbonyl (C=O) groups is 3. The molecule has 0 spiro atoms. The molecule has 2 aromatic carbocycles. The molecule has 0 saturated carbocycles. The summed E-state index contributed by atoms with van der Waals surface area (Å²) in [7, 11) is 1.24. The molecule has 0 unspecified atom stereocenters. The summed E-state index contributed by atoms with van der Waals surface area (Å²) in [4.78, 5) is 43.0. The first-order valence-corrected chi connectivity index (χ1v) is 11.9. The number of nitrogens with one attached hydrogen (secondary N) is 1. The van der Waals surface area contributed by atoms with Gasteiger partial charge in [-0.05, 0) is 35.4 Å². The van der Waals surface area contributed by atoms with E-state index in [0.717, 1.165) is 27.8 Å². The Morgan fingerprint density at radius 2 is 1.79 bits per heavy atom. The molecule has 0 aliphatic heterocycles. The fourth-order valence-electron chi connectivity index (χ4n) is 3.62. The first kappa shape index (κ1) is 24.3. The second-order valence-electron chi connectivity index (χ2n) is 7.53. The molecule has 7 heteroatoms. The third-order valence-corrected chi connectivity index (χ3v) is 6.30. The lowest BCUT2D eigenvalue weighted by atomic mass is 10.1. The standard InChI is InChI=1S/C26H28N2O4S/c1-4-33-17-20-9-5-6-11-22(20)25(30)28(24(29)15-18(2)26(31)32-3)14-13-19-16-27-23-12-8-7-10-21(19)23/h5-12,16,27H,2,4,13-15,17H2,1,3H3. The predicted octanol–water partition coefficient (Wildman–Crippen LogP) is 4.75. The molecule has 6 nitrogen and oxygen atoms in total. The zero-order chi connectivity index (χ0) is 23.8. The lowest BCUT2D eigenvalue weighted by Crippen LogP contribution is -2.39. The number of para-hydroxylation sites is 1. The van der Waals surface area contributed by atoms with E-state index in [0.29, 0.717) is 17.7 Å². The summed E-state index contributed by atoms with van der Waals surface area (Å²) >= 11 is 1.71. The number of imide groups is 1. The molecule has 1 aromatic heterocycles. The number of hydrogen-bond acceptors (Lipinski definition) is 5. The first-order valence-electron chi connectivity index (χ1n) is 10.8. The van der Waals surface area contributed by atoms with Crippen molar-refractivity contribution in [3.8, 4) is 0 Å². The maximum absolute atomic E-state index is 13.6. The molecule has 0 aliphatic carbocycles. The zero-order valence-electron chi connectivity index (χ0n) is 18.9. The molecule has 1 N–H and O–H groups in total. The SMILES string of the molecule is C=C(CC(=O)N(CCc1c[nH]c2ccccc12)C(=O)c1ccccc1CSCC)C(=O)OC. The smallest absolute Gasteiger partial charge is 0.333 e. The third kappa shape index (κ3) is 5.93. The van der Waals surface area contributed by atoms with Gasteiger partial charge in [0.05, 0.1) is 13.5 Å². The van der Waals surface area contributed by atoms with Crippen molar-refractivity contribution in [3.05, 3.63) is 83.6 Å². The minimum Gasteiger partial charge on any atom is -0.466 e. The number of aromatic nitrogens is 1. The third-order valence-electron chi connectivity index (χ3n) is 5.37. The van der Waals surface area contributed by atoms with Crippen LogP contribution in [0.1, 0.15) is 34.8 Å². The zero-order valence-corrected chi connectivity index (χ0v) is 19.7. The highest BCUT2D eigenvalue weighted by atomic mass is 32.2. The second-order valence-corrected chi connectivity index (χ2v) is 8.80. The quantitative estimate of drug-likeness (QED) is 0.346. The Labute approximate surface area is 198 Å². The summed E-state index contributed by atoms with van der Waals surface area (Å²) in [6, 6.07) is 15.2.